The van der Waals surface area contributed by atoms with Crippen molar-refractivity contribution >= 4 is 18.0 Å². The molecule has 0 saturated carbocycles. The van der Waals surface area contributed by atoms with Gasteiger partial charge in [0, 0.05) is 12.0 Å². The summed E-state index contributed by atoms with van der Waals surface area (Å²) in [6.07, 6.45) is 0.263. The number of aliphatic carboxylic acids is 1. The minimum atomic E-state index is -0.981. The lowest BCUT2D eigenvalue weighted by atomic mass is 9.98. The average Bonchev–Trinajstić information content (AvgIpc) is 3.10. The Morgan fingerprint density at radius 1 is 0.970 bits per heavy atom. The molecule has 1 aliphatic rings. The number of hydrogen-bond donors (Lipinski definition) is 3. The van der Waals surface area contributed by atoms with Gasteiger partial charge in [-0.1, -0.05) is 75.7 Å². The van der Waals surface area contributed by atoms with Gasteiger partial charge in [0.15, 0.2) is 0 Å². The molecule has 7 heteroatoms. The van der Waals surface area contributed by atoms with Crippen molar-refractivity contribution in [1.29, 1.82) is 0 Å². The summed E-state index contributed by atoms with van der Waals surface area (Å²) in [5.74, 6) is -1.50. The molecule has 0 saturated heterocycles. The zero-order valence-electron chi connectivity index (χ0n) is 19.3. The Balaban J connectivity index is 1.64. The molecule has 1 unspecified atom stereocenters. The van der Waals surface area contributed by atoms with Crippen molar-refractivity contribution in [3.63, 3.8) is 0 Å². The summed E-state index contributed by atoms with van der Waals surface area (Å²) >= 11 is 0. The Morgan fingerprint density at radius 3 is 2.06 bits per heavy atom. The Hall–Kier alpha value is -3.35. The van der Waals surface area contributed by atoms with Gasteiger partial charge in [0.1, 0.15) is 12.6 Å². The second-order valence-corrected chi connectivity index (χ2v) is 8.77. The van der Waals surface area contributed by atoms with Gasteiger partial charge in [0.25, 0.3) is 0 Å². The van der Waals surface area contributed by atoms with E-state index in [1.807, 2.05) is 57.2 Å². The maximum absolute atomic E-state index is 12.8. The van der Waals surface area contributed by atoms with Crippen LogP contribution in [0.4, 0.5) is 4.79 Å². The standard InChI is InChI=1S/C26H32N2O5/c1-4-9-22(25(31)27-23(16(2)3)14-24(29)30)28-26(32)33-15-21-19-12-7-5-10-17(19)18-11-6-8-13-20(18)21/h5-8,10-13,16,21-23H,4,9,14-15H2,1-3H3,(H,27,31)(H,28,32)(H,29,30)/t22-,23?/m1/s1. The molecule has 176 valence electrons. The van der Waals surface area contributed by atoms with E-state index in [1.165, 1.54) is 0 Å². The topological polar surface area (TPSA) is 105 Å². The molecule has 0 heterocycles. The molecule has 3 rings (SSSR count). The fraction of sp³-hybridized carbons (Fsp3) is 0.423. The van der Waals surface area contributed by atoms with E-state index in [4.69, 9.17) is 9.84 Å². The smallest absolute Gasteiger partial charge is 0.407 e. The Bertz CT molecular complexity index is 958. The number of hydrogen-bond acceptors (Lipinski definition) is 4. The minimum Gasteiger partial charge on any atom is -0.481 e. The van der Waals surface area contributed by atoms with Crippen LogP contribution in [0.5, 0.6) is 0 Å². The average molecular weight is 453 g/mol. The molecule has 3 N–H and O–H groups in total. The third kappa shape index (κ3) is 5.92. The lowest BCUT2D eigenvalue weighted by Gasteiger charge is -2.25. The first kappa shape index (κ1) is 24.3. The number of carbonyl (C=O) groups is 3. The third-order valence-electron chi connectivity index (χ3n) is 6.06. The fourth-order valence-electron chi connectivity index (χ4n) is 4.26. The van der Waals surface area contributed by atoms with Crippen molar-refractivity contribution in [3.8, 4) is 11.1 Å². The normalized spacial score (nSPS) is 14.2. The maximum Gasteiger partial charge on any atom is 0.407 e. The van der Waals surface area contributed by atoms with E-state index in [0.29, 0.717) is 12.8 Å². The van der Waals surface area contributed by atoms with E-state index in [0.717, 1.165) is 22.3 Å². The van der Waals surface area contributed by atoms with Gasteiger partial charge in [0.2, 0.25) is 5.91 Å². The lowest BCUT2D eigenvalue weighted by Crippen LogP contribution is -2.51. The Labute approximate surface area is 194 Å². The van der Waals surface area contributed by atoms with Crippen molar-refractivity contribution in [3.05, 3.63) is 59.7 Å². The van der Waals surface area contributed by atoms with Crippen molar-refractivity contribution in [2.45, 2.75) is 58.0 Å². The zero-order chi connectivity index (χ0) is 24.0. The van der Waals surface area contributed by atoms with E-state index in [1.54, 1.807) is 0 Å². The monoisotopic (exact) mass is 452 g/mol. The van der Waals surface area contributed by atoms with Crippen LogP contribution in [0.3, 0.4) is 0 Å². The van der Waals surface area contributed by atoms with Gasteiger partial charge in [-0.15, -0.1) is 0 Å². The highest BCUT2D eigenvalue weighted by Gasteiger charge is 2.30. The van der Waals surface area contributed by atoms with Crippen molar-refractivity contribution in [2.24, 2.45) is 5.92 Å². The first-order valence-electron chi connectivity index (χ1n) is 11.5. The van der Waals surface area contributed by atoms with Crippen LogP contribution in [-0.2, 0) is 14.3 Å². The van der Waals surface area contributed by atoms with Gasteiger partial charge in [-0.05, 0) is 34.6 Å². The van der Waals surface area contributed by atoms with Gasteiger partial charge >= 0.3 is 12.1 Å². The van der Waals surface area contributed by atoms with Crippen LogP contribution in [0, 0.1) is 5.92 Å². The first-order valence-corrected chi connectivity index (χ1v) is 11.5. The molecule has 33 heavy (non-hydrogen) atoms. The molecule has 0 spiro atoms. The third-order valence-corrected chi connectivity index (χ3v) is 6.06. The summed E-state index contributed by atoms with van der Waals surface area (Å²) in [4.78, 5) is 36.5. The molecule has 0 bridgehead atoms. The number of nitrogens with one attached hydrogen (secondary N) is 2. The van der Waals surface area contributed by atoms with Crippen LogP contribution in [0.25, 0.3) is 11.1 Å². The number of rotatable bonds is 10. The molecule has 2 amide bonds. The van der Waals surface area contributed by atoms with Gasteiger partial charge in [0.05, 0.1) is 6.42 Å². The Morgan fingerprint density at radius 2 is 1.55 bits per heavy atom. The highest BCUT2D eigenvalue weighted by Crippen LogP contribution is 2.44. The molecule has 0 aromatic heterocycles. The summed E-state index contributed by atoms with van der Waals surface area (Å²) < 4.78 is 5.56. The SMILES string of the molecule is CCC[C@@H](NC(=O)OCC1c2ccccc2-c2ccccc21)C(=O)NC(CC(=O)O)C(C)C. The second kappa shape index (κ2) is 11.0. The van der Waals surface area contributed by atoms with E-state index < -0.39 is 30.1 Å². The predicted octanol–water partition coefficient (Wildman–Crippen LogP) is 4.31. The molecular formula is C26H32N2O5. The van der Waals surface area contributed by atoms with E-state index in [2.05, 4.69) is 22.8 Å². The highest BCUT2D eigenvalue weighted by atomic mass is 16.5. The second-order valence-electron chi connectivity index (χ2n) is 8.77. The fourth-order valence-corrected chi connectivity index (χ4v) is 4.26. The van der Waals surface area contributed by atoms with Crippen LogP contribution in [0.15, 0.2) is 48.5 Å². The predicted molar refractivity (Wildman–Crippen MR) is 126 cm³/mol. The molecular weight excluding hydrogens is 420 g/mol. The quantitative estimate of drug-likeness (QED) is 0.498. The number of fused-ring (bicyclic) bond motifs is 3. The summed E-state index contributed by atoms with van der Waals surface area (Å²) in [6, 6.07) is 14.9. The molecule has 2 aromatic rings. The number of carbonyl (C=O) groups excluding carboxylic acids is 2. The molecule has 2 aromatic carbocycles. The molecule has 1 aliphatic carbocycles. The maximum atomic E-state index is 12.8. The number of alkyl carbamates (subject to hydrolysis) is 1. The largest absolute Gasteiger partial charge is 0.481 e. The van der Waals surface area contributed by atoms with Gasteiger partial charge in [-0.2, -0.15) is 0 Å². The van der Waals surface area contributed by atoms with Crippen LogP contribution in [-0.4, -0.2) is 41.8 Å². The lowest BCUT2D eigenvalue weighted by molar-refractivity contribution is -0.138. The van der Waals surface area contributed by atoms with Gasteiger partial charge < -0.3 is 20.5 Å². The minimum absolute atomic E-state index is 0.0539. The number of carboxylic acids is 1. The van der Waals surface area contributed by atoms with Gasteiger partial charge in [-0.25, -0.2) is 4.79 Å². The zero-order valence-corrected chi connectivity index (χ0v) is 19.3. The number of carboxylic acid groups (broad SMARTS) is 1. The summed E-state index contributed by atoms with van der Waals surface area (Å²) in [7, 11) is 0. The number of ether oxygens (including phenoxy) is 1. The van der Waals surface area contributed by atoms with Crippen molar-refractivity contribution in [1.82, 2.24) is 10.6 Å². The van der Waals surface area contributed by atoms with Crippen LogP contribution in [0.2, 0.25) is 0 Å². The van der Waals surface area contributed by atoms with Crippen LogP contribution >= 0.6 is 0 Å². The van der Waals surface area contributed by atoms with Crippen molar-refractivity contribution < 1.29 is 24.2 Å². The van der Waals surface area contributed by atoms with Crippen LogP contribution in [0.1, 0.15) is 57.1 Å². The van der Waals surface area contributed by atoms with Crippen molar-refractivity contribution in [2.75, 3.05) is 6.61 Å². The number of amides is 2. The van der Waals surface area contributed by atoms with E-state index in [9.17, 15) is 14.4 Å². The summed E-state index contributed by atoms with van der Waals surface area (Å²) in [6.45, 7) is 5.77. The number of benzene rings is 2. The summed E-state index contributed by atoms with van der Waals surface area (Å²) in [5.41, 5.74) is 4.51. The molecule has 0 aliphatic heterocycles. The van der Waals surface area contributed by atoms with E-state index >= 15 is 0 Å². The molecule has 7 nitrogen and oxygen atoms in total. The van der Waals surface area contributed by atoms with Gasteiger partial charge in [-0.3, -0.25) is 9.59 Å². The highest BCUT2D eigenvalue weighted by molar-refractivity contribution is 5.86. The first-order chi connectivity index (χ1) is 15.8. The van der Waals surface area contributed by atoms with Crippen LogP contribution < -0.4 is 10.6 Å². The molecule has 0 fully saturated rings. The molecule has 0 radical (unpaired) electrons. The van der Waals surface area contributed by atoms with E-state index in [-0.39, 0.29) is 24.9 Å². The molecule has 2 atom stereocenters. The Kier molecular flexibility index (Phi) is 8.09. The summed E-state index contributed by atoms with van der Waals surface area (Å²) in [5, 5.41) is 14.5.